The number of nitrogens with one attached hydrogen (secondary N) is 1. The Morgan fingerprint density at radius 1 is 1.44 bits per heavy atom. The highest BCUT2D eigenvalue weighted by atomic mass is 35.5. The van der Waals surface area contributed by atoms with Gasteiger partial charge < -0.3 is 5.32 Å². The van der Waals surface area contributed by atoms with Gasteiger partial charge in [-0.25, -0.2) is 9.37 Å². The molecule has 0 aromatic carbocycles. The average Bonchev–Trinajstić information content (AvgIpc) is 2.39. The lowest BCUT2D eigenvalue weighted by Crippen LogP contribution is -2.35. The van der Waals surface area contributed by atoms with E-state index in [0.29, 0.717) is 10.8 Å². The molecule has 2 rings (SSSR count). The van der Waals surface area contributed by atoms with Crippen LogP contribution in [0, 0.1) is 5.82 Å². The van der Waals surface area contributed by atoms with Crippen LogP contribution in [0.5, 0.6) is 0 Å². The van der Waals surface area contributed by atoms with Gasteiger partial charge >= 0.3 is 0 Å². The molecule has 1 N–H and O–H groups in total. The van der Waals surface area contributed by atoms with Gasteiger partial charge in [0.15, 0.2) is 11.6 Å². The maximum absolute atomic E-state index is 13.6. The molecule has 1 aromatic rings. The summed E-state index contributed by atoms with van der Waals surface area (Å²) < 4.78 is 13.8. The Morgan fingerprint density at radius 2 is 2.17 bits per heavy atom. The normalized spacial score (nSPS) is 18.6. The fourth-order valence-corrected chi connectivity index (χ4v) is 3.50. The number of pyridine rings is 1. The third-order valence-electron chi connectivity index (χ3n) is 3.58. The van der Waals surface area contributed by atoms with Crippen molar-refractivity contribution in [2.45, 2.75) is 36.9 Å². The van der Waals surface area contributed by atoms with Gasteiger partial charge in [-0.2, -0.15) is 11.8 Å². The van der Waals surface area contributed by atoms with Gasteiger partial charge in [0.25, 0.3) is 0 Å². The van der Waals surface area contributed by atoms with E-state index < -0.39 is 0 Å². The largest absolute Gasteiger partial charge is 0.366 e. The zero-order chi connectivity index (χ0) is 13.0. The van der Waals surface area contributed by atoms with Crippen LogP contribution in [0.15, 0.2) is 12.3 Å². The summed E-state index contributed by atoms with van der Waals surface area (Å²) in [5.74, 6) is -0.0760. The number of rotatable bonds is 4. The van der Waals surface area contributed by atoms with Gasteiger partial charge in [0.1, 0.15) is 0 Å². The summed E-state index contributed by atoms with van der Waals surface area (Å²) in [6, 6.07) is 1.30. The lowest BCUT2D eigenvalue weighted by Gasteiger charge is -2.36. The molecule has 0 spiro atoms. The van der Waals surface area contributed by atoms with Crippen LogP contribution in [0.3, 0.4) is 0 Å². The Balaban J connectivity index is 2.01. The van der Waals surface area contributed by atoms with Crippen molar-refractivity contribution in [1.29, 1.82) is 0 Å². The third-order valence-corrected chi connectivity index (χ3v) is 5.21. The minimum atomic E-state index is -0.380. The predicted molar refractivity (Wildman–Crippen MR) is 77.0 cm³/mol. The van der Waals surface area contributed by atoms with Crippen molar-refractivity contribution >= 4 is 29.2 Å². The molecule has 0 atom stereocenters. The van der Waals surface area contributed by atoms with Crippen molar-refractivity contribution in [3.63, 3.8) is 0 Å². The second kappa shape index (κ2) is 6.11. The smallest absolute Gasteiger partial charge is 0.166 e. The average molecular weight is 289 g/mol. The second-order valence-electron chi connectivity index (χ2n) is 4.79. The van der Waals surface area contributed by atoms with E-state index in [1.807, 2.05) is 11.8 Å². The lowest BCUT2D eigenvalue weighted by atomic mass is 9.88. The highest BCUT2D eigenvalue weighted by molar-refractivity contribution is 8.00. The molecular formula is C13H18ClFN2S. The molecule has 2 nitrogen and oxygen atoms in total. The molecule has 1 aliphatic rings. The van der Waals surface area contributed by atoms with Crippen molar-refractivity contribution in [1.82, 2.24) is 4.98 Å². The number of nitrogens with zero attached hydrogens (tertiary/aromatic N) is 1. The number of hydrogen-bond acceptors (Lipinski definition) is 3. The zero-order valence-corrected chi connectivity index (χ0v) is 12.1. The molecule has 0 unspecified atom stereocenters. The van der Waals surface area contributed by atoms with Crippen LogP contribution < -0.4 is 5.32 Å². The first-order chi connectivity index (χ1) is 8.65. The summed E-state index contributed by atoms with van der Waals surface area (Å²) in [7, 11) is 0. The Labute approximate surface area is 117 Å². The van der Waals surface area contributed by atoms with Gasteiger partial charge in [-0.05, 0) is 25.2 Å². The van der Waals surface area contributed by atoms with Crippen LogP contribution in [0.25, 0.3) is 0 Å². The van der Waals surface area contributed by atoms with Crippen molar-refractivity contribution in [3.05, 3.63) is 23.1 Å². The minimum Gasteiger partial charge on any atom is -0.366 e. The molecule has 0 amide bonds. The van der Waals surface area contributed by atoms with E-state index in [2.05, 4.69) is 16.6 Å². The Bertz CT molecular complexity index is 408. The maximum atomic E-state index is 13.6. The molecule has 100 valence electrons. The lowest BCUT2D eigenvalue weighted by molar-refractivity contribution is 0.410. The Morgan fingerprint density at radius 3 is 2.78 bits per heavy atom. The zero-order valence-electron chi connectivity index (χ0n) is 10.5. The molecule has 0 radical (unpaired) electrons. The van der Waals surface area contributed by atoms with Crippen LogP contribution in [0.4, 0.5) is 10.2 Å². The molecule has 0 bridgehead atoms. The minimum absolute atomic E-state index is 0.228. The van der Waals surface area contributed by atoms with E-state index in [1.54, 1.807) is 0 Å². The molecule has 1 aliphatic carbocycles. The number of anilines is 1. The number of halogens is 2. The van der Waals surface area contributed by atoms with E-state index in [9.17, 15) is 4.39 Å². The molecule has 0 aliphatic heterocycles. The molecule has 1 aromatic heterocycles. The van der Waals surface area contributed by atoms with E-state index in [-0.39, 0.29) is 10.6 Å². The van der Waals surface area contributed by atoms with Gasteiger partial charge in [0.2, 0.25) is 0 Å². The van der Waals surface area contributed by atoms with Crippen molar-refractivity contribution < 1.29 is 4.39 Å². The molecule has 5 heteroatoms. The first kappa shape index (κ1) is 13.9. The van der Waals surface area contributed by atoms with Gasteiger partial charge in [-0.1, -0.05) is 30.9 Å². The number of aromatic nitrogens is 1. The summed E-state index contributed by atoms with van der Waals surface area (Å²) in [6.07, 6.45) is 9.83. The van der Waals surface area contributed by atoms with Gasteiger partial charge in [0, 0.05) is 17.5 Å². The van der Waals surface area contributed by atoms with Crippen molar-refractivity contribution in [2.75, 3.05) is 18.1 Å². The van der Waals surface area contributed by atoms with Gasteiger partial charge in [-0.3, -0.25) is 0 Å². The monoisotopic (exact) mass is 288 g/mol. The van der Waals surface area contributed by atoms with E-state index in [4.69, 9.17) is 11.6 Å². The van der Waals surface area contributed by atoms with E-state index in [1.165, 1.54) is 44.4 Å². The van der Waals surface area contributed by atoms with Crippen LogP contribution in [0.2, 0.25) is 5.02 Å². The Hall–Kier alpha value is -0.480. The van der Waals surface area contributed by atoms with Gasteiger partial charge in [0.05, 0.1) is 5.02 Å². The molecular weight excluding hydrogens is 271 g/mol. The SMILES string of the molecule is CSC1(CNc2ncc(Cl)cc2F)CCCCC1. The fourth-order valence-electron chi connectivity index (χ4n) is 2.44. The summed E-state index contributed by atoms with van der Waals surface area (Å²) in [5.41, 5.74) is 0. The Kier molecular flexibility index (Phi) is 4.73. The highest BCUT2D eigenvalue weighted by Gasteiger charge is 2.31. The summed E-state index contributed by atoms with van der Waals surface area (Å²) in [4.78, 5) is 4.00. The molecule has 1 fully saturated rings. The summed E-state index contributed by atoms with van der Waals surface area (Å²) in [5, 5.41) is 3.47. The maximum Gasteiger partial charge on any atom is 0.166 e. The number of thioether (sulfide) groups is 1. The summed E-state index contributed by atoms with van der Waals surface area (Å²) >= 11 is 7.57. The second-order valence-corrected chi connectivity index (χ2v) is 6.50. The first-order valence-corrected chi connectivity index (χ1v) is 7.86. The van der Waals surface area contributed by atoms with Crippen LogP contribution >= 0.6 is 23.4 Å². The molecule has 1 heterocycles. The molecule has 18 heavy (non-hydrogen) atoms. The third kappa shape index (κ3) is 3.29. The topological polar surface area (TPSA) is 24.9 Å². The highest BCUT2D eigenvalue weighted by Crippen LogP contribution is 2.38. The van der Waals surface area contributed by atoms with Crippen LogP contribution in [0.1, 0.15) is 32.1 Å². The standard InChI is InChI=1S/C13H18ClFN2S/c1-18-13(5-3-2-4-6-13)9-17-12-11(15)7-10(14)8-16-12/h7-8H,2-6,9H2,1H3,(H,16,17). The predicted octanol–water partition coefficient (Wildman–Crippen LogP) is 4.35. The molecule has 0 saturated heterocycles. The quantitative estimate of drug-likeness (QED) is 0.891. The molecule has 1 saturated carbocycles. The van der Waals surface area contributed by atoms with Crippen LogP contribution in [-0.4, -0.2) is 22.5 Å². The van der Waals surface area contributed by atoms with Gasteiger partial charge in [-0.15, -0.1) is 0 Å². The van der Waals surface area contributed by atoms with E-state index >= 15 is 0 Å². The van der Waals surface area contributed by atoms with Crippen LogP contribution in [-0.2, 0) is 0 Å². The first-order valence-electron chi connectivity index (χ1n) is 6.25. The van der Waals surface area contributed by atoms with Crippen molar-refractivity contribution in [3.8, 4) is 0 Å². The summed E-state index contributed by atoms with van der Waals surface area (Å²) in [6.45, 7) is 0.764. The van der Waals surface area contributed by atoms with Crippen molar-refractivity contribution in [2.24, 2.45) is 0 Å². The van der Waals surface area contributed by atoms with E-state index in [0.717, 1.165) is 6.54 Å². The number of hydrogen-bond donors (Lipinski definition) is 1. The fraction of sp³-hybridized carbons (Fsp3) is 0.615.